The second-order valence-electron chi connectivity index (χ2n) is 33.8. The summed E-state index contributed by atoms with van der Waals surface area (Å²) in [4.78, 5) is 70.3. The standard InChI is InChI=1S/C22H29NO3.C18H28N2O3.C16H25NO3.2C15H23NO3.C14H23NO/c1-16(2)23-21(22(24)25-15-19-8-6-5-7-9-19)14-18-10-12-20(13-11-18)26-17(3)4;1-12(2)19-11-18(22)17(20-14(5)21)10-15-6-8-16(9-7-15)23-13(3)4;1-11(2)17-15(16(18)19-5)10-13-6-8-14(9-7-13)20-12(3)4;2*1-10(2)16-14(15(17)18)9-12-5-7-13(8-6-12)19-11(3)4;1-11(2)15-10-9-13-5-7-14(8-6-13)16-12(3)4/h5-13,16-17,21,23H,14-15H2,1-4H3;6-9,12-13,17,19H,10-11H2,1-5H3,(H,20,21);6-9,11-12,15,17H,10H2,1-5H3;2*5-8,10-11,14,16H,9H2,1-4H3,(H,17,18);5-8,11-12,15H,9-10H2,1-4H3/t21-;17-;15-;2*14-;/m01010./s1. The number of ether oxygens (including phenoxy) is 8. The Hall–Kier alpha value is -9.88. The number of ketones is 1. The second-order valence-corrected chi connectivity index (χ2v) is 33.8. The molecule has 0 fully saturated rings. The smallest absolute Gasteiger partial charge is 0.323 e. The zero-order valence-electron chi connectivity index (χ0n) is 78.5. The van der Waals surface area contributed by atoms with Gasteiger partial charge in [0.2, 0.25) is 5.91 Å². The van der Waals surface area contributed by atoms with Crippen molar-refractivity contribution >= 4 is 35.6 Å². The third kappa shape index (κ3) is 53.0. The number of methoxy groups -OCH3 is 1. The van der Waals surface area contributed by atoms with Crippen LogP contribution in [0.3, 0.4) is 0 Å². The van der Waals surface area contributed by atoms with E-state index in [1.54, 1.807) is 0 Å². The molecular weight excluding hydrogens is 1560 g/mol. The molecular formula is C100H151N7O16. The van der Waals surface area contributed by atoms with Crippen molar-refractivity contribution in [3.05, 3.63) is 215 Å². The van der Waals surface area contributed by atoms with Crippen LogP contribution in [0.5, 0.6) is 34.5 Å². The Kier molecular flexibility index (Phi) is 53.8. The molecule has 123 heavy (non-hydrogen) atoms. The molecule has 0 aromatic heterocycles. The van der Waals surface area contributed by atoms with Gasteiger partial charge in [-0.1, -0.05) is 186 Å². The van der Waals surface area contributed by atoms with E-state index in [0.717, 1.165) is 80.8 Å². The average molecular weight is 1710 g/mol. The Morgan fingerprint density at radius 1 is 0.301 bits per heavy atom. The van der Waals surface area contributed by atoms with Gasteiger partial charge in [-0.2, -0.15) is 0 Å². The van der Waals surface area contributed by atoms with Crippen LogP contribution in [0.1, 0.15) is 212 Å². The molecule has 682 valence electrons. The molecule has 23 heteroatoms. The average Bonchev–Trinajstić information content (AvgIpc) is 0.879. The Morgan fingerprint density at radius 3 is 0.813 bits per heavy atom. The molecule has 0 aliphatic rings. The molecule has 0 aliphatic carbocycles. The number of nitrogens with one attached hydrogen (secondary N) is 7. The lowest BCUT2D eigenvalue weighted by Gasteiger charge is -2.20. The van der Waals surface area contributed by atoms with Gasteiger partial charge in [0, 0.05) is 43.2 Å². The highest BCUT2D eigenvalue weighted by atomic mass is 16.5. The number of hydrogen-bond acceptors (Lipinski definition) is 20. The van der Waals surface area contributed by atoms with Crippen LogP contribution < -0.4 is 65.6 Å². The van der Waals surface area contributed by atoms with E-state index in [4.69, 9.17) is 48.1 Å². The maximum absolute atomic E-state index is 12.6. The third-order valence-electron chi connectivity index (χ3n) is 17.1. The van der Waals surface area contributed by atoms with E-state index < -0.39 is 30.1 Å². The third-order valence-corrected chi connectivity index (χ3v) is 17.1. The van der Waals surface area contributed by atoms with Gasteiger partial charge in [-0.05, 0) is 240 Å². The van der Waals surface area contributed by atoms with E-state index >= 15 is 0 Å². The molecule has 7 rings (SSSR count). The van der Waals surface area contributed by atoms with Crippen molar-refractivity contribution in [2.45, 2.75) is 321 Å². The molecule has 9 N–H and O–H groups in total. The monoisotopic (exact) mass is 1710 g/mol. The lowest BCUT2D eigenvalue weighted by atomic mass is 10.0. The summed E-state index contributed by atoms with van der Waals surface area (Å²) in [5.41, 5.74) is 7.43. The molecule has 23 nitrogen and oxygen atoms in total. The van der Waals surface area contributed by atoms with E-state index in [1.165, 1.54) is 19.6 Å². The highest BCUT2D eigenvalue weighted by molar-refractivity contribution is 5.90. The predicted octanol–water partition coefficient (Wildman–Crippen LogP) is 16.7. The van der Waals surface area contributed by atoms with Crippen molar-refractivity contribution in [3.63, 3.8) is 0 Å². The van der Waals surface area contributed by atoms with Crippen molar-refractivity contribution in [1.29, 1.82) is 0 Å². The van der Waals surface area contributed by atoms with Crippen molar-refractivity contribution < 1.29 is 76.9 Å². The van der Waals surface area contributed by atoms with Gasteiger partial charge in [-0.25, -0.2) is 0 Å². The van der Waals surface area contributed by atoms with Crippen LogP contribution in [0.25, 0.3) is 0 Å². The highest BCUT2D eigenvalue weighted by Gasteiger charge is 2.25. The number of carboxylic acids is 2. The van der Waals surface area contributed by atoms with E-state index in [2.05, 4.69) is 63.2 Å². The number of esters is 2. The number of rotatable bonds is 45. The minimum atomic E-state index is -0.823. The fourth-order valence-corrected chi connectivity index (χ4v) is 11.9. The number of hydrogen-bond donors (Lipinski definition) is 9. The molecule has 0 radical (unpaired) electrons. The van der Waals surface area contributed by atoms with Gasteiger partial charge in [-0.3, -0.25) is 28.8 Å². The lowest BCUT2D eigenvalue weighted by Crippen LogP contribution is -2.46. The summed E-state index contributed by atoms with van der Waals surface area (Å²) in [7, 11) is 1.41. The number of benzene rings is 7. The van der Waals surface area contributed by atoms with Crippen molar-refractivity contribution in [3.8, 4) is 34.5 Å². The summed E-state index contributed by atoms with van der Waals surface area (Å²) >= 11 is 0. The highest BCUT2D eigenvalue weighted by Crippen LogP contribution is 2.22. The van der Waals surface area contributed by atoms with Gasteiger partial charge < -0.3 is 85.3 Å². The molecule has 0 unspecified atom stereocenters. The van der Waals surface area contributed by atoms with Gasteiger partial charge in [0.15, 0.2) is 5.78 Å². The van der Waals surface area contributed by atoms with Gasteiger partial charge in [0.1, 0.15) is 65.3 Å². The van der Waals surface area contributed by atoms with E-state index in [1.807, 2.05) is 316 Å². The van der Waals surface area contributed by atoms with Crippen molar-refractivity contribution in [2.24, 2.45) is 0 Å². The minimum absolute atomic E-state index is 0.0172. The summed E-state index contributed by atoms with van der Waals surface area (Å²) in [6.07, 6.45) is 4.60. The van der Waals surface area contributed by atoms with Crippen LogP contribution in [0.15, 0.2) is 176 Å². The maximum Gasteiger partial charge on any atom is 0.323 e. The van der Waals surface area contributed by atoms with Crippen LogP contribution in [-0.4, -0.2) is 169 Å². The Bertz CT molecular complexity index is 3930. The SMILES string of the molecule is CC(=O)N[C@H](Cc1ccc(OC(C)C)cc1)C(=O)CNC(C)C.CC(C)NCCc1ccc(OC(C)C)cc1.CC(C)N[C@@H](Cc1ccc(OC(C)C)cc1)C(=O)O.CC(C)N[C@@H](Cc1ccc(OC(C)C)cc1)C(=O)OCc1ccccc1.CC(C)N[C@H](Cc1ccc(OC(C)C)cc1)C(=O)O.COC(=O)[C@H](Cc1ccc(OC(C)C)cc1)NC(C)C. The van der Waals surface area contributed by atoms with Gasteiger partial charge in [0.25, 0.3) is 0 Å². The number of carbonyl (C=O) groups is 6. The Balaban J connectivity index is 0.000000503. The number of aliphatic carboxylic acids is 2. The summed E-state index contributed by atoms with van der Waals surface area (Å²) in [5.74, 6) is 2.72. The fraction of sp³-hybridized carbons (Fsp3) is 0.520. The first-order chi connectivity index (χ1) is 58.0. The normalized spacial score (nSPS) is 12.3. The van der Waals surface area contributed by atoms with E-state index in [0.29, 0.717) is 38.1 Å². The molecule has 0 heterocycles. The minimum Gasteiger partial charge on any atom is -0.491 e. The first-order valence-electron chi connectivity index (χ1n) is 43.6. The molecule has 7 aromatic carbocycles. The van der Waals surface area contributed by atoms with Crippen LogP contribution in [0.2, 0.25) is 0 Å². The Morgan fingerprint density at radius 2 is 0.561 bits per heavy atom. The molecule has 5 atom stereocenters. The number of carboxylic acid groups (broad SMARTS) is 2. The first-order valence-corrected chi connectivity index (χ1v) is 43.6. The number of amides is 1. The summed E-state index contributed by atoms with van der Waals surface area (Å²) < 4.78 is 43.9. The molecule has 1 amide bonds. The lowest BCUT2D eigenvalue weighted by molar-refractivity contribution is -0.148. The van der Waals surface area contributed by atoms with Gasteiger partial charge in [-0.15, -0.1) is 0 Å². The summed E-state index contributed by atoms with van der Waals surface area (Å²) in [6, 6.07) is 55.7. The number of carbonyl (C=O) groups excluding carboxylic acids is 4. The van der Waals surface area contributed by atoms with Crippen molar-refractivity contribution in [2.75, 3.05) is 20.2 Å². The zero-order chi connectivity index (χ0) is 92.3. The molecule has 7 aromatic rings. The molecule has 0 bridgehead atoms. The fourth-order valence-electron chi connectivity index (χ4n) is 11.9. The molecule has 0 saturated carbocycles. The zero-order valence-corrected chi connectivity index (χ0v) is 78.5. The summed E-state index contributed by atoms with van der Waals surface area (Å²) in [5, 5.41) is 40.2. The molecule has 0 spiro atoms. The van der Waals surface area contributed by atoms with Crippen LogP contribution >= 0.6 is 0 Å². The van der Waals surface area contributed by atoms with Crippen molar-refractivity contribution in [1.82, 2.24) is 37.2 Å². The van der Waals surface area contributed by atoms with Crippen LogP contribution in [0.4, 0.5) is 0 Å². The van der Waals surface area contributed by atoms with Crippen LogP contribution in [0, 0.1) is 0 Å². The largest absolute Gasteiger partial charge is 0.491 e. The van der Waals surface area contributed by atoms with Gasteiger partial charge >= 0.3 is 23.9 Å². The predicted molar refractivity (Wildman–Crippen MR) is 496 cm³/mol. The topological polar surface area (TPSA) is 301 Å². The number of Topliss-reactive ketones (excluding diaryl/α,β-unsaturated/α-hetero) is 1. The molecule has 0 saturated heterocycles. The Labute approximate surface area is 736 Å². The van der Waals surface area contributed by atoms with Crippen LogP contribution in [-0.2, 0) is 83.4 Å². The van der Waals surface area contributed by atoms with E-state index in [9.17, 15) is 28.8 Å². The van der Waals surface area contributed by atoms with Gasteiger partial charge in [0.05, 0.1) is 56.3 Å². The first kappa shape index (κ1) is 109. The quantitative estimate of drug-likeness (QED) is 0.0160. The summed E-state index contributed by atoms with van der Waals surface area (Å²) in [6.45, 7) is 51.0. The second kappa shape index (κ2) is 60.6. The maximum atomic E-state index is 12.6. The van der Waals surface area contributed by atoms with E-state index in [-0.39, 0.29) is 116 Å². The molecule has 0 aliphatic heterocycles.